The summed E-state index contributed by atoms with van der Waals surface area (Å²) in [5.74, 6) is -6.69. The molecule has 0 spiro atoms. The highest BCUT2D eigenvalue weighted by atomic mass is 19.1. The van der Waals surface area contributed by atoms with Gasteiger partial charge in [0.15, 0.2) is 5.60 Å². The van der Waals surface area contributed by atoms with Crippen molar-refractivity contribution in [3.05, 3.63) is 110 Å². The Balaban J connectivity index is 0.794. The van der Waals surface area contributed by atoms with Crippen molar-refractivity contribution in [2.75, 3.05) is 52.4 Å². The summed E-state index contributed by atoms with van der Waals surface area (Å²) in [6.45, 7) is 1.33. The van der Waals surface area contributed by atoms with Gasteiger partial charge in [0.2, 0.25) is 35.4 Å². The molecular weight excluding hydrogens is 1070 g/mol. The number of pyridine rings is 2. The van der Waals surface area contributed by atoms with Crippen LogP contribution in [0.4, 0.5) is 4.39 Å². The van der Waals surface area contributed by atoms with Crippen LogP contribution in [0.3, 0.4) is 0 Å². The fourth-order valence-electron chi connectivity index (χ4n) is 10.8. The molecule has 0 fully saturated rings. The van der Waals surface area contributed by atoms with Gasteiger partial charge in [-0.15, -0.1) is 0 Å². The topological polar surface area (TPSA) is 334 Å². The number of carboxylic acids is 1. The molecule has 0 radical (unpaired) electrons. The van der Waals surface area contributed by atoms with E-state index >= 15 is 4.39 Å². The maximum Gasteiger partial charge on any atom is 0.343 e. The number of aryl methyl sites for hydroxylation is 1. The molecule has 3 atom stereocenters. The van der Waals surface area contributed by atoms with Gasteiger partial charge < -0.3 is 51.4 Å². The smallest absolute Gasteiger partial charge is 0.343 e. The van der Waals surface area contributed by atoms with E-state index in [4.69, 9.17) is 9.72 Å². The highest BCUT2D eigenvalue weighted by molar-refractivity contribution is 6.12. The molecule has 0 unspecified atom stereocenters. The van der Waals surface area contributed by atoms with Crippen LogP contribution in [0.25, 0.3) is 22.3 Å². The van der Waals surface area contributed by atoms with Gasteiger partial charge in [0.05, 0.1) is 61.2 Å². The molecule has 25 heteroatoms. The minimum absolute atomic E-state index is 0.00839. The molecule has 5 heterocycles. The molecule has 2 aromatic carbocycles. The number of amides is 8. The fourth-order valence-corrected chi connectivity index (χ4v) is 10.8. The zero-order valence-corrected chi connectivity index (χ0v) is 45.5. The molecule has 8 N–H and O–H groups in total. The second-order valence-electron chi connectivity index (χ2n) is 20.7. The van der Waals surface area contributed by atoms with Crippen LogP contribution in [0.15, 0.2) is 59.4 Å². The van der Waals surface area contributed by atoms with Gasteiger partial charge >= 0.3 is 11.9 Å². The first kappa shape index (κ1) is 59.4. The van der Waals surface area contributed by atoms with Gasteiger partial charge in [0.1, 0.15) is 18.5 Å². The van der Waals surface area contributed by atoms with Crippen molar-refractivity contribution in [1.82, 2.24) is 51.3 Å². The van der Waals surface area contributed by atoms with Crippen LogP contribution in [0.2, 0.25) is 0 Å². The molecule has 8 rings (SSSR count). The van der Waals surface area contributed by atoms with Crippen molar-refractivity contribution >= 4 is 70.1 Å². The van der Waals surface area contributed by atoms with E-state index in [1.165, 1.54) is 27.7 Å². The highest BCUT2D eigenvalue weighted by Gasteiger charge is 2.46. The summed E-state index contributed by atoms with van der Waals surface area (Å²) < 4.78 is 22.1. The second kappa shape index (κ2) is 26.3. The molecule has 0 saturated heterocycles. The number of carbonyl (C=O) groups is 10. The van der Waals surface area contributed by atoms with E-state index in [-0.39, 0.29) is 106 Å². The van der Waals surface area contributed by atoms with Gasteiger partial charge in [-0.2, -0.15) is 0 Å². The number of fused-ring (bicyclic) bond motifs is 5. The number of nitrogens with zero attached hydrogens (tertiary/aromatic N) is 4. The number of aliphatic hydroxyl groups is 1. The second-order valence-corrected chi connectivity index (χ2v) is 20.7. The maximum atomic E-state index is 15.4. The average molecular weight is 1130 g/mol. The lowest BCUT2D eigenvalue weighted by molar-refractivity contribution is -0.172. The van der Waals surface area contributed by atoms with E-state index in [1.54, 1.807) is 50.2 Å². The van der Waals surface area contributed by atoms with E-state index < -0.39 is 90.8 Å². The summed E-state index contributed by atoms with van der Waals surface area (Å²) in [5, 5.41) is 37.5. The van der Waals surface area contributed by atoms with Crippen LogP contribution in [-0.4, -0.2) is 147 Å². The van der Waals surface area contributed by atoms with E-state index in [0.29, 0.717) is 76.6 Å². The SMILES string of the molecule is CC[C@@]1(O)C(=O)OCc2c1cc1n(c2=O)Cc2c-1nc1cc(F)c(C)c3c1c2[C@@H](NC(=O)CCCNC(=O)CNC(=O)[C@H](Cc1ccccc1)NC(=O)CNC(=O)CN(CCNC(=O)CCCCCN1C(=O)C=CC1=O)CC(=O)O)CC3. The molecule has 0 saturated carbocycles. The van der Waals surface area contributed by atoms with Crippen LogP contribution in [-0.2, 0) is 84.3 Å². The van der Waals surface area contributed by atoms with Crippen LogP contribution in [0.1, 0.15) is 103 Å². The molecule has 2 aromatic heterocycles. The Labute approximate surface area is 469 Å². The number of esters is 1. The number of hydrogen-bond acceptors (Lipinski definition) is 15. The molecule has 1 aliphatic carbocycles. The van der Waals surface area contributed by atoms with Gasteiger partial charge in [0, 0.05) is 80.2 Å². The lowest BCUT2D eigenvalue weighted by Crippen LogP contribution is -2.52. The number of carboxylic acid groups (broad SMARTS) is 1. The number of hydrogen-bond donors (Lipinski definition) is 8. The first-order valence-corrected chi connectivity index (χ1v) is 27.3. The van der Waals surface area contributed by atoms with Crippen LogP contribution >= 0.6 is 0 Å². The molecule has 434 valence electrons. The molecule has 4 aliphatic rings. The largest absolute Gasteiger partial charge is 0.480 e. The number of ether oxygens (including phenoxy) is 1. The third-order valence-electron chi connectivity index (χ3n) is 15.1. The Morgan fingerprint density at radius 1 is 0.829 bits per heavy atom. The molecule has 0 bridgehead atoms. The van der Waals surface area contributed by atoms with Gasteiger partial charge in [-0.05, 0) is 73.8 Å². The quantitative estimate of drug-likeness (QED) is 0.0201. The zero-order valence-electron chi connectivity index (χ0n) is 45.5. The predicted molar refractivity (Wildman–Crippen MR) is 290 cm³/mol. The van der Waals surface area contributed by atoms with Crippen LogP contribution in [0.5, 0.6) is 0 Å². The number of imide groups is 1. The Kier molecular flexibility index (Phi) is 19.0. The predicted octanol–water partition coefficient (Wildman–Crippen LogP) is 0.475. The first-order chi connectivity index (χ1) is 39.3. The first-order valence-electron chi connectivity index (χ1n) is 27.3. The third kappa shape index (κ3) is 13.7. The standard InChI is InChI=1S/C57H65FN10O14/c1-3-57(81)37-24-42-53-35(28-68(42)55(79)36(37)31-82-56(57)80)52-39(16-15-34-32(2)38(58)25-40(65-53)51(34)52)63-44(70)14-10-19-59-45(71)26-62-54(78)41(23-33-11-6-4-7-12-33)64-46(72)27-61-47(73)29-66(30-50(76)77)22-20-60-43(69)13-8-5-9-21-67-48(74)17-18-49(67)75/h4,6-7,11-12,17-18,24-25,39,41,81H,3,5,8-10,13-16,19-23,26-31H2,1-2H3,(H,59,71)(H,60,69)(H,61,73)(H,62,78)(H,63,70)(H,64,72)(H,76,77)/t39-,41-,57-/m0/s1. The fraction of sp³-hybridized carbons (Fsp3) is 0.439. The Bertz CT molecular complexity index is 3310. The number of nitrogens with one attached hydrogen (secondary N) is 6. The lowest BCUT2D eigenvalue weighted by Gasteiger charge is -2.31. The number of carbonyl (C=O) groups excluding carboxylic acids is 9. The monoisotopic (exact) mass is 1130 g/mol. The third-order valence-corrected chi connectivity index (χ3v) is 15.1. The molecule has 3 aliphatic heterocycles. The molecule has 8 amide bonds. The summed E-state index contributed by atoms with van der Waals surface area (Å²) in [6, 6.07) is 9.87. The van der Waals surface area contributed by atoms with Crippen molar-refractivity contribution in [1.29, 1.82) is 0 Å². The normalized spacial score (nSPS) is 16.9. The molecule has 4 aromatic rings. The number of unbranched alkanes of at least 4 members (excludes halogenated alkanes) is 2. The summed E-state index contributed by atoms with van der Waals surface area (Å²) >= 11 is 0. The number of cyclic esters (lactones) is 1. The summed E-state index contributed by atoms with van der Waals surface area (Å²) in [7, 11) is 0. The number of halogens is 1. The van der Waals surface area contributed by atoms with E-state index in [2.05, 4.69) is 31.9 Å². The molecular formula is C57H65FN10O14. The number of aliphatic carboxylic acids is 1. The van der Waals surface area contributed by atoms with Crippen molar-refractivity contribution in [3.8, 4) is 11.4 Å². The average Bonchev–Trinajstić information content (AvgIpc) is 2.53. The summed E-state index contributed by atoms with van der Waals surface area (Å²) in [6.07, 6.45) is 5.16. The van der Waals surface area contributed by atoms with Crippen LogP contribution in [0, 0.1) is 12.7 Å². The number of rotatable bonds is 27. The lowest BCUT2D eigenvalue weighted by atomic mass is 9.81. The summed E-state index contributed by atoms with van der Waals surface area (Å²) in [4.78, 5) is 147. The molecule has 82 heavy (non-hydrogen) atoms. The van der Waals surface area contributed by atoms with E-state index in [0.717, 1.165) is 10.5 Å². The van der Waals surface area contributed by atoms with Gasteiger partial charge in [0.25, 0.3) is 17.4 Å². The molecule has 24 nitrogen and oxygen atoms in total. The minimum Gasteiger partial charge on any atom is -0.480 e. The van der Waals surface area contributed by atoms with Crippen LogP contribution < -0.4 is 37.5 Å². The van der Waals surface area contributed by atoms with E-state index in [9.17, 15) is 63.0 Å². The van der Waals surface area contributed by atoms with Gasteiger partial charge in [-0.1, -0.05) is 43.7 Å². The van der Waals surface area contributed by atoms with Crippen molar-refractivity contribution in [2.45, 2.75) is 109 Å². The van der Waals surface area contributed by atoms with Crippen molar-refractivity contribution in [2.24, 2.45) is 0 Å². The van der Waals surface area contributed by atoms with Crippen molar-refractivity contribution < 1.29 is 67.3 Å². The number of aromatic nitrogens is 2. The Morgan fingerprint density at radius 2 is 1.55 bits per heavy atom. The van der Waals surface area contributed by atoms with Gasteiger partial charge in [-0.3, -0.25) is 57.7 Å². The van der Waals surface area contributed by atoms with E-state index in [1.807, 2.05) is 0 Å². The minimum atomic E-state index is -2.05. The Hall–Kier alpha value is -8.71. The Morgan fingerprint density at radius 3 is 2.28 bits per heavy atom. The van der Waals surface area contributed by atoms with Crippen molar-refractivity contribution in [3.63, 3.8) is 0 Å². The maximum absolute atomic E-state index is 15.4. The van der Waals surface area contributed by atoms with Gasteiger partial charge in [-0.25, -0.2) is 14.2 Å². The number of benzene rings is 2. The summed E-state index contributed by atoms with van der Waals surface area (Å²) in [5.41, 5.74) is 2.01. The zero-order chi connectivity index (χ0) is 58.8. The highest BCUT2D eigenvalue weighted by Crippen LogP contribution is 2.46.